The van der Waals surface area contributed by atoms with E-state index < -0.39 is 17.8 Å². The summed E-state index contributed by atoms with van der Waals surface area (Å²) >= 11 is 0. The van der Waals surface area contributed by atoms with Gasteiger partial charge in [-0.1, -0.05) is 6.07 Å². The summed E-state index contributed by atoms with van der Waals surface area (Å²) in [5.74, 6) is -1.39. The minimum Gasteiger partial charge on any atom is -0.384 e. The van der Waals surface area contributed by atoms with E-state index in [0.717, 1.165) is 9.80 Å². The van der Waals surface area contributed by atoms with Gasteiger partial charge in [-0.25, -0.2) is 14.7 Å². The Hall–Kier alpha value is -2.44. The number of hydrogen-bond donors (Lipinski definition) is 1. The molecule has 88 valence electrons. The van der Waals surface area contributed by atoms with Gasteiger partial charge in [0, 0.05) is 7.05 Å². The summed E-state index contributed by atoms with van der Waals surface area (Å²) in [6.07, 6.45) is 0. The number of anilines is 1. The lowest BCUT2D eigenvalue weighted by molar-refractivity contribution is -0.143. The Morgan fingerprint density at radius 1 is 1.24 bits per heavy atom. The van der Waals surface area contributed by atoms with Gasteiger partial charge in [0.2, 0.25) is 0 Å². The van der Waals surface area contributed by atoms with Crippen molar-refractivity contribution in [2.24, 2.45) is 0 Å². The van der Waals surface area contributed by atoms with Gasteiger partial charge in [0.15, 0.2) is 0 Å². The Balaban J connectivity index is 2.23. The average Bonchev–Trinajstić information content (AvgIpc) is 2.47. The molecule has 2 rings (SSSR count). The summed E-state index contributed by atoms with van der Waals surface area (Å²) < 4.78 is 0. The van der Waals surface area contributed by atoms with E-state index in [1.807, 2.05) is 0 Å². The molecule has 1 saturated heterocycles. The molecule has 0 spiro atoms. The third-order valence-corrected chi connectivity index (χ3v) is 2.40. The van der Waals surface area contributed by atoms with Crippen LogP contribution in [0.15, 0.2) is 18.2 Å². The maximum absolute atomic E-state index is 11.6. The molecule has 2 N–H and O–H groups in total. The molecule has 0 radical (unpaired) electrons. The van der Waals surface area contributed by atoms with Crippen LogP contribution in [0.25, 0.3) is 0 Å². The van der Waals surface area contributed by atoms with E-state index in [2.05, 4.69) is 4.98 Å². The van der Waals surface area contributed by atoms with E-state index in [-0.39, 0.29) is 6.54 Å². The van der Waals surface area contributed by atoms with Crippen LogP contribution in [0.5, 0.6) is 0 Å². The topological polar surface area (TPSA) is 96.6 Å². The van der Waals surface area contributed by atoms with Crippen LogP contribution < -0.4 is 5.73 Å². The maximum atomic E-state index is 11.6. The van der Waals surface area contributed by atoms with Crippen LogP contribution in [0.3, 0.4) is 0 Å². The van der Waals surface area contributed by atoms with Crippen molar-refractivity contribution in [1.29, 1.82) is 0 Å². The van der Waals surface area contributed by atoms with Crippen molar-refractivity contribution in [3.05, 3.63) is 23.9 Å². The monoisotopic (exact) mass is 234 g/mol. The number of hydrogen-bond acceptors (Lipinski definition) is 5. The van der Waals surface area contributed by atoms with Crippen molar-refractivity contribution in [2.75, 3.05) is 12.8 Å². The van der Waals surface area contributed by atoms with Crippen LogP contribution in [0.1, 0.15) is 5.69 Å². The second-order valence-electron chi connectivity index (χ2n) is 3.59. The fraction of sp³-hybridized carbons (Fsp3) is 0.200. The largest absolute Gasteiger partial charge is 0.384 e. The van der Waals surface area contributed by atoms with Crippen LogP contribution in [0, 0.1) is 0 Å². The van der Waals surface area contributed by atoms with E-state index in [0.29, 0.717) is 11.5 Å². The van der Waals surface area contributed by atoms with Crippen LogP contribution in [0.4, 0.5) is 10.6 Å². The Morgan fingerprint density at radius 2 is 1.94 bits per heavy atom. The Kier molecular flexibility index (Phi) is 2.51. The van der Waals surface area contributed by atoms with Crippen molar-refractivity contribution in [3.8, 4) is 0 Å². The molecule has 1 fully saturated rings. The zero-order chi connectivity index (χ0) is 12.6. The number of aromatic nitrogens is 1. The molecular weight excluding hydrogens is 224 g/mol. The summed E-state index contributed by atoms with van der Waals surface area (Å²) in [5, 5.41) is 0. The van der Waals surface area contributed by atoms with Crippen LogP contribution in [-0.4, -0.2) is 39.7 Å². The number of imide groups is 2. The number of pyridine rings is 1. The zero-order valence-electron chi connectivity index (χ0n) is 9.08. The summed E-state index contributed by atoms with van der Waals surface area (Å²) in [6, 6.07) is 4.23. The summed E-state index contributed by atoms with van der Waals surface area (Å²) in [7, 11) is 1.26. The Labute approximate surface area is 96.8 Å². The lowest BCUT2D eigenvalue weighted by Gasteiger charge is -2.12. The first-order valence-electron chi connectivity index (χ1n) is 4.85. The van der Waals surface area contributed by atoms with E-state index in [1.165, 1.54) is 7.05 Å². The molecule has 1 aliphatic rings. The lowest BCUT2D eigenvalue weighted by Crippen LogP contribution is -2.31. The second kappa shape index (κ2) is 3.85. The van der Waals surface area contributed by atoms with E-state index in [1.54, 1.807) is 18.2 Å². The number of nitrogens with two attached hydrogens (primary N) is 1. The van der Waals surface area contributed by atoms with Gasteiger partial charge < -0.3 is 5.73 Å². The van der Waals surface area contributed by atoms with Gasteiger partial charge in [-0.05, 0) is 12.1 Å². The zero-order valence-corrected chi connectivity index (χ0v) is 9.08. The SMILES string of the molecule is CN1C(=O)C(=O)N(Cc2cccc(N)n2)C1=O. The average molecular weight is 234 g/mol. The van der Waals surface area contributed by atoms with Crippen molar-refractivity contribution in [2.45, 2.75) is 6.54 Å². The van der Waals surface area contributed by atoms with Gasteiger partial charge >= 0.3 is 17.8 Å². The van der Waals surface area contributed by atoms with Crippen LogP contribution in [0.2, 0.25) is 0 Å². The molecule has 1 aromatic rings. The molecule has 0 atom stereocenters. The molecule has 0 unspecified atom stereocenters. The number of carbonyl (C=O) groups excluding carboxylic acids is 3. The van der Waals surface area contributed by atoms with Gasteiger partial charge in [0.05, 0.1) is 12.2 Å². The summed E-state index contributed by atoms with van der Waals surface area (Å²) in [6.45, 7) is -0.0568. The molecule has 0 aliphatic carbocycles. The highest BCUT2D eigenvalue weighted by Crippen LogP contribution is 2.13. The molecule has 1 aromatic heterocycles. The van der Waals surface area contributed by atoms with Crippen molar-refractivity contribution >= 4 is 23.7 Å². The van der Waals surface area contributed by atoms with E-state index in [4.69, 9.17) is 5.73 Å². The number of carbonyl (C=O) groups is 3. The smallest absolute Gasteiger partial charge is 0.334 e. The maximum Gasteiger partial charge on any atom is 0.334 e. The fourth-order valence-electron chi connectivity index (χ4n) is 1.50. The van der Waals surface area contributed by atoms with Gasteiger partial charge in [0.1, 0.15) is 5.82 Å². The van der Waals surface area contributed by atoms with Crippen molar-refractivity contribution < 1.29 is 14.4 Å². The normalized spacial score (nSPS) is 15.9. The molecule has 7 heteroatoms. The molecule has 4 amide bonds. The number of nitrogens with zero attached hydrogens (tertiary/aromatic N) is 3. The molecule has 0 bridgehead atoms. The fourth-order valence-corrected chi connectivity index (χ4v) is 1.50. The lowest BCUT2D eigenvalue weighted by atomic mass is 10.3. The number of likely N-dealkylation sites (N-methyl/N-ethyl adjacent to an activating group) is 1. The predicted octanol–water partition coefficient (Wildman–Crippen LogP) is -0.416. The third kappa shape index (κ3) is 1.82. The molecule has 7 nitrogen and oxygen atoms in total. The number of nitrogen functional groups attached to an aromatic ring is 1. The molecule has 0 saturated carbocycles. The van der Waals surface area contributed by atoms with Gasteiger partial charge in [0.25, 0.3) is 0 Å². The minimum absolute atomic E-state index is 0.0568. The second-order valence-corrected chi connectivity index (χ2v) is 3.59. The Bertz CT molecular complexity index is 514. The predicted molar refractivity (Wildman–Crippen MR) is 57.4 cm³/mol. The molecule has 2 heterocycles. The third-order valence-electron chi connectivity index (χ3n) is 2.40. The summed E-state index contributed by atoms with van der Waals surface area (Å²) in [5.41, 5.74) is 5.93. The number of rotatable bonds is 2. The van der Waals surface area contributed by atoms with E-state index >= 15 is 0 Å². The summed E-state index contributed by atoms with van der Waals surface area (Å²) in [4.78, 5) is 39.9. The van der Waals surface area contributed by atoms with Crippen LogP contribution in [-0.2, 0) is 16.1 Å². The first kappa shape index (κ1) is 11.1. The first-order valence-corrected chi connectivity index (χ1v) is 4.85. The van der Waals surface area contributed by atoms with Crippen LogP contribution >= 0.6 is 0 Å². The Morgan fingerprint density at radius 3 is 2.47 bits per heavy atom. The quantitative estimate of drug-likeness (QED) is 0.554. The molecule has 0 aromatic carbocycles. The minimum atomic E-state index is -0.846. The van der Waals surface area contributed by atoms with E-state index in [9.17, 15) is 14.4 Å². The standard InChI is InChI=1S/C10H10N4O3/c1-13-8(15)9(16)14(10(13)17)5-6-3-2-4-7(11)12-6/h2-4H,5H2,1H3,(H2,11,12). The van der Waals surface area contributed by atoms with Crippen molar-refractivity contribution in [1.82, 2.24) is 14.8 Å². The highest BCUT2D eigenvalue weighted by molar-refractivity contribution is 6.44. The molecule has 1 aliphatic heterocycles. The van der Waals surface area contributed by atoms with Gasteiger partial charge in [-0.2, -0.15) is 0 Å². The highest BCUT2D eigenvalue weighted by Gasteiger charge is 2.42. The molecule has 17 heavy (non-hydrogen) atoms. The van der Waals surface area contributed by atoms with Gasteiger partial charge in [-0.15, -0.1) is 0 Å². The highest BCUT2D eigenvalue weighted by atomic mass is 16.2. The van der Waals surface area contributed by atoms with Crippen molar-refractivity contribution in [3.63, 3.8) is 0 Å². The molecular formula is C10H10N4O3. The van der Waals surface area contributed by atoms with Gasteiger partial charge in [-0.3, -0.25) is 14.5 Å². The number of amides is 4. The first-order chi connectivity index (χ1) is 8.00. The number of urea groups is 1.